The maximum absolute atomic E-state index is 13.0. The summed E-state index contributed by atoms with van der Waals surface area (Å²) in [6, 6.07) is 2.58. The smallest absolute Gasteiger partial charge is 0.270 e. The molecule has 0 aromatic heterocycles. The Bertz CT molecular complexity index is 537. The van der Waals surface area contributed by atoms with Crippen LogP contribution in [0.4, 0.5) is 20.2 Å². The van der Waals surface area contributed by atoms with Crippen LogP contribution in [0.5, 0.6) is 0 Å². The predicted octanol–water partition coefficient (Wildman–Crippen LogP) is 2.22. The summed E-state index contributed by atoms with van der Waals surface area (Å²) in [4.78, 5) is 21.5. The summed E-state index contributed by atoms with van der Waals surface area (Å²) < 4.78 is 25.9. The lowest BCUT2D eigenvalue weighted by molar-refractivity contribution is -0.385. The number of carbonyl (C=O) groups excluding carboxylic acids is 1. The van der Waals surface area contributed by atoms with E-state index in [0.717, 1.165) is 18.6 Å². The Morgan fingerprint density at radius 1 is 1.45 bits per heavy atom. The van der Waals surface area contributed by atoms with Crippen LogP contribution < -0.4 is 10.6 Å². The van der Waals surface area contributed by atoms with Crippen molar-refractivity contribution in [1.82, 2.24) is 5.32 Å². The first-order chi connectivity index (χ1) is 9.49. The molecule has 1 aliphatic rings. The molecule has 1 atom stereocenters. The SMILES string of the molecule is O=C1NCCCC1Nc1ccc([N+](=O)[O-])cc1C(F)F. The van der Waals surface area contributed by atoms with E-state index < -0.39 is 28.6 Å². The van der Waals surface area contributed by atoms with Crippen LogP contribution in [0.1, 0.15) is 24.8 Å². The van der Waals surface area contributed by atoms with Crippen LogP contribution in [0.15, 0.2) is 18.2 Å². The van der Waals surface area contributed by atoms with Crippen molar-refractivity contribution in [2.24, 2.45) is 0 Å². The summed E-state index contributed by atoms with van der Waals surface area (Å²) >= 11 is 0. The second kappa shape index (κ2) is 5.81. The van der Waals surface area contributed by atoms with Gasteiger partial charge in [-0.25, -0.2) is 8.78 Å². The number of halogens is 2. The number of hydrogen-bond acceptors (Lipinski definition) is 4. The lowest BCUT2D eigenvalue weighted by Gasteiger charge is -2.24. The zero-order valence-corrected chi connectivity index (χ0v) is 10.4. The molecule has 2 rings (SSSR count). The normalized spacial score (nSPS) is 18.8. The van der Waals surface area contributed by atoms with Crippen LogP contribution in [0, 0.1) is 10.1 Å². The van der Waals surface area contributed by atoms with Crippen LogP contribution in [-0.4, -0.2) is 23.4 Å². The van der Waals surface area contributed by atoms with E-state index in [2.05, 4.69) is 10.6 Å². The minimum absolute atomic E-state index is 0.0488. The third-order valence-electron chi connectivity index (χ3n) is 3.10. The summed E-state index contributed by atoms with van der Waals surface area (Å²) in [6.07, 6.45) is -1.57. The fraction of sp³-hybridized carbons (Fsp3) is 0.417. The monoisotopic (exact) mass is 285 g/mol. The number of nitro groups is 1. The minimum Gasteiger partial charge on any atom is -0.373 e. The van der Waals surface area contributed by atoms with E-state index in [1.165, 1.54) is 6.07 Å². The molecule has 8 heteroatoms. The number of hydrogen-bond donors (Lipinski definition) is 2. The summed E-state index contributed by atoms with van der Waals surface area (Å²) in [5, 5.41) is 16.0. The number of piperidine rings is 1. The molecule has 0 bridgehead atoms. The molecule has 1 unspecified atom stereocenters. The number of non-ortho nitro benzene ring substituents is 1. The highest BCUT2D eigenvalue weighted by atomic mass is 19.3. The van der Waals surface area contributed by atoms with Gasteiger partial charge in [-0.1, -0.05) is 0 Å². The van der Waals surface area contributed by atoms with E-state index in [1.54, 1.807) is 0 Å². The maximum Gasteiger partial charge on any atom is 0.270 e. The summed E-state index contributed by atoms with van der Waals surface area (Å²) in [5.74, 6) is -0.255. The molecule has 1 aromatic carbocycles. The van der Waals surface area contributed by atoms with Crippen molar-refractivity contribution in [2.75, 3.05) is 11.9 Å². The molecule has 1 fully saturated rings. The number of nitrogens with one attached hydrogen (secondary N) is 2. The highest BCUT2D eigenvalue weighted by Gasteiger charge is 2.25. The fourth-order valence-corrected chi connectivity index (χ4v) is 2.07. The molecule has 0 radical (unpaired) electrons. The maximum atomic E-state index is 13.0. The van der Waals surface area contributed by atoms with Crippen molar-refractivity contribution < 1.29 is 18.5 Å². The topological polar surface area (TPSA) is 84.3 Å². The molecule has 6 nitrogen and oxygen atoms in total. The fourth-order valence-electron chi connectivity index (χ4n) is 2.07. The first-order valence-corrected chi connectivity index (χ1v) is 6.10. The van der Waals surface area contributed by atoms with Gasteiger partial charge < -0.3 is 10.6 Å². The average Bonchev–Trinajstić information content (AvgIpc) is 2.41. The van der Waals surface area contributed by atoms with E-state index in [0.29, 0.717) is 13.0 Å². The molecule has 1 aliphatic heterocycles. The van der Waals surface area contributed by atoms with E-state index in [4.69, 9.17) is 0 Å². The van der Waals surface area contributed by atoms with Crippen LogP contribution in [0.2, 0.25) is 0 Å². The second-order valence-electron chi connectivity index (χ2n) is 4.46. The van der Waals surface area contributed by atoms with Gasteiger partial charge in [0.25, 0.3) is 12.1 Å². The molecule has 0 spiro atoms. The zero-order chi connectivity index (χ0) is 14.7. The molecule has 0 saturated carbocycles. The number of anilines is 1. The van der Waals surface area contributed by atoms with Crippen molar-refractivity contribution in [3.8, 4) is 0 Å². The van der Waals surface area contributed by atoms with Crippen LogP contribution in [-0.2, 0) is 4.79 Å². The Morgan fingerprint density at radius 3 is 2.80 bits per heavy atom. The van der Waals surface area contributed by atoms with Gasteiger partial charge in [0.1, 0.15) is 6.04 Å². The van der Waals surface area contributed by atoms with E-state index >= 15 is 0 Å². The van der Waals surface area contributed by atoms with Gasteiger partial charge in [0, 0.05) is 29.9 Å². The molecule has 1 heterocycles. The largest absolute Gasteiger partial charge is 0.373 e. The van der Waals surface area contributed by atoms with E-state index in [9.17, 15) is 23.7 Å². The van der Waals surface area contributed by atoms with Gasteiger partial charge in [0.05, 0.1) is 4.92 Å². The zero-order valence-electron chi connectivity index (χ0n) is 10.4. The Balaban J connectivity index is 2.26. The highest BCUT2D eigenvalue weighted by Crippen LogP contribution is 2.31. The number of benzene rings is 1. The summed E-state index contributed by atoms with van der Waals surface area (Å²) in [5.41, 5.74) is -0.829. The minimum atomic E-state index is -2.86. The van der Waals surface area contributed by atoms with Gasteiger partial charge in [-0.05, 0) is 18.9 Å². The van der Waals surface area contributed by atoms with Crippen LogP contribution in [0.3, 0.4) is 0 Å². The van der Waals surface area contributed by atoms with E-state index in [1.807, 2.05) is 0 Å². The van der Waals surface area contributed by atoms with Crippen molar-refractivity contribution in [3.05, 3.63) is 33.9 Å². The van der Waals surface area contributed by atoms with E-state index in [-0.39, 0.29) is 11.6 Å². The molecule has 1 amide bonds. The van der Waals surface area contributed by atoms with Crippen LogP contribution >= 0.6 is 0 Å². The standard InChI is InChI=1S/C12H13F2N3O3/c13-11(14)8-6-7(17(19)20)3-4-9(8)16-10-2-1-5-15-12(10)18/h3-4,6,10-11,16H,1-2,5H2,(H,15,18). The second-order valence-corrected chi connectivity index (χ2v) is 4.46. The first-order valence-electron chi connectivity index (χ1n) is 6.10. The third kappa shape index (κ3) is 3.01. The predicted molar refractivity (Wildman–Crippen MR) is 67.7 cm³/mol. The Labute approximate surface area is 113 Å². The van der Waals surface area contributed by atoms with Gasteiger partial charge in [-0.2, -0.15) is 0 Å². The van der Waals surface area contributed by atoms with Crippen molar-refractivity contribution in [1.29, 1.82) is 0 Å². The van der Waals surface area contributed by atoms with Gasteiger partial charge >= 0.3 is 0 Å². The Morgan fingerprint density at radius 2 is 2.20 bits per heavy atom. The number of nitro benzene ring substituents is 1. The summed E-state index contributed by atoms with van der Waals surface area (Å²) in [6.45, 7) is 0.568. The molecular formula is C12H13F2N3O3. The third-order valence-corrected chi connectivity index (χ3v) is 3.10. The molecular weight excluding hydrogens is 272 g/mol. The van der Waals surface area contributed by atoms with Gasteiger partial charge in [0.2, 0.25) is 5.91 Å². The van der Waals surface area contributed by atoms with Crippen LogP contribution in [0.25, 0.3) is 0 Å². The number of carbonyl (C=O) groups is 1. The highest BCUT2D eigenvalue weighted by molar-refractivity contribution is 5.85. The van der Waals surface area contributed by atoms with Crippen molar-refractivity contribution in [3.63, 3.8) is 0 Å². The molecule has 20 heavy (non-hydrogen) atoms. The molecule has 1 aromatic rings. The number of rotatable bonds is 4. The van der Waals surface area contributed by atoms with Crippen molar-refractivity contribution in [2.45, 2.75) is 25.3 Å². The quantitative estimate of drug-likeness (QED) is 0.656. The molecule has 108 valence electrons. The number of amides is 1. The number of alkyl halides is 2. The lowest BCUT2D eigenvalue weighted by atomic mass is 10.0. The van der Waals surface area contributed by atoms with Gasteiger partial charge in [-0.15, -0.1) is 0 Å². The lowest BCUT2D eigenvalue weighted by Crippen LogP contribution is -2.44. The Kier molecular flexibility index (Phi) is 4.11. The number of nitrogens with zero attached hydrogens (tertiary/aromatic N) is 1. The van der Waals surface area contributed by atoms with Gasteiger partial charge in [-0.3, -0.25) is 14.9 Å². The average molecular weight is 285 g/mol. The molecule has 0 aliphatic carbocycles. The Hall–Kier alpha value is -2.25. The summed E-state index contributed by atoms with van der Waals surface area (Å²) in [7, 11) is 0. The van der Waals surface area contributed by atoms with Crippen molar-refractivity contribution >= 4 is 17.3 Å². The molecule has 2 N–H and O–H groups in total. The van der Waals surface area contributed by atoms with Gasteiger partial charge in [0.15, 0.2) is 0 Å². The molecule has 1 saturated heterocycles. The first kappa shape index (κ1) is 14.2.